The number of rotatable bonds is 8. The molecule has 3 rings (SSSR count). The summed E-state index contributed by atoms with van der Waals surface area (Å²) in [6.07, 6.45) is 0.979. The van der Waals surface area contributed by atoms with Gasteiger partial charge in [-0.2, -0.15) is 0 Å². The smallest absolute Gasteiger partial charge is 0.312 e. The zero-order chi connectivity index (χ0) is 20.1. The molecule has 0 aromatic heterocycles. The van der Waals surface area contributed by atoms with Gasteiger partial charge in [0.25, 0.3) is 0 Å². The van der Waals surface area contributed by atoms with Crippen molar-refractivity contribution in [1.82, 2.24) is 10.6 Å². The number of primary amides is 1. The fourth-order valence-electron chi connectivity index (χ4n) is 4.00. The Kier molecular flexibility index (Phi) is 6.44. The Balaban J connectivity index is 1.73. The number of carboxylic acids is 1. The van der Waals surface area contributed by atoms with E-state index >= 15 is 0 Å². The summed E-state index contributed by atoms with van der Waals surface area (Å²) >= 11 is 0. The average molecular weight is 381 g/mol. The van der Waals surface area contributed by atoms with Crippen LogP contribution in [-0.2, 0) is 9.59 Å². The SMILES string of the molecule is Cc1ccccc1[C@@H]1CC(NCC(C(=O)O)c2ccccc2)C(CC(N)=O)N1. The first-order chi connectivity index (χ1) is 13.5. The third kappa shape index (κ3) is 4.77. The number of hydrogen-bond acceptors (Lipinski definition) is 4. The van der Waals surface area contributed by atoms with Gasteiger partial charge in [-0.1, -0.05) is 54.6 Å². The molecule has 3 unspecified atom stereocenters. The lowest BCUT2D eigenvalue weighted by Gasteiger charge is -2.22. The lowest BCUT2D eigenvalue weighted by atomic mass is 9.96. The van der Waals surface area contributed by atoms with Gasteiger partial charge in [0.15, 0.2) is 0 Å². The zero-order valence-corrected chi connectivity index (χ0v) is 16.0. The first-order valence-corrected chi connectivity index (χ1v) is 9.56. The highest BCUT2D eigenvalue weighted by molar-refractivity contribution is 5.76. The molecule has 1 aliphatic heterocycles. The van der Waals surface area contributed by atoms with Crippen LogP contribution in [0.5, 0.6) is 0 Å². The highest BCUT2D eigenvalue weighted by Gasteiger charge is 2.36. The van der Waals surface area contributed by atoms with Gasteiger partial charge in [0.1, 0.15) is 0 Å². The number of aryl methyl sites for hydroxylation is 1. The standard InChI is InChI=1S/C22H27N3O3/c1-14-7-5-6-10-16(14)18-11-19(20(25-18)12-21(23)26)24-13-17(22(27)28)15-8-3-2-4-9-15/h2-10,17-20,24-25H,11-13H2,1H3,(H2,23,26)(H,27,28)/t17?,18-,19?,20?/m0/s1. The number of nitrogens with one attached hydrogen (secondary N) is 2. The molecule has 1 heterocycles. The molecule has 2 aromatic carbocycles. The van der Waals surface area contributed by atoms with Gasteiger partial charge in [-0.05, 0) is 30.0 Å². The Hall–Kier alpha value is -2.70. The summed E-state index contributed by atoms with van der Waals surface area (Å²) in [5.41, 5.74) is 8.58. The van der Waals surface area contributed by atoms with Crippen molar-refractivity contribution in [2.75, 3.05) is 6.54 Å². The number of aliphatic carboxylic acids is 1. The van der Waals surface area contributed by atoms with Gasteiger partial charge in [0.2, 0.25) is 5.91 Å². The van der Waals surface area contributed by atoms with E-state index < -0.39 is 11.9 Å². The molecule has 0 saturated carbocycles. The minimum absolute atomic E-state index is 0.0392. The average Bonchev–Trinajstić information content (AvgIpc) is 3.04. The number of benzene rings is 2. The maximum atomic E-state index is 11.8. The molecular weight excluding hydrogens is 354 g/mol. The van der Waals surface area contributed by atoms with E-state index in [1.54, 1.807) is 0 Å². The second-order valence-corrected chi connectivity index (χ2v) is 7.40. The van der Waals surface area contributed by atoms with Crippen LogP contribution in [0.3, 0.4) is 0 Å². The minimum atomic E-state index is -0.869. The van der Waals surface area contributed by atoms with E-state index in [1.165, 1.54) is 11.1 Å². The predicted molar refractivity (Wildman–Crippen MR) is 108 cm³/mol. The van der Waals surface area contributed by atoms with Crippen LogP contribution < -0.4 is 16.4 Å². The summed E-state index contributed by atoms with van der Waals surface area (Å²) in [5, 5.41) is 16.5. The van der Waals surface area contributed by atoms with Crippen molar-refractivity contribution in [3.8, 4) is 0 Å². The van der Waals surface area contributed by atoms with Crippen LogP contribution in [0.15, 0.2) is 54.6 Å². The Labute approximate surface area is 165 Å². The van der Waals surface area contributed by atoms with Crippen LogP contribution in [0.2, 0.25) is 0 Å². The quantitative estimate of drug-likeness (QED) is 0.561. The normalized spacial score (nSPS) is 22.7. The lowest BCUT2D eigenvalue weighted by Crippen LogP contribution is -2.44. The van der Waals surface area contributed by atoms with Crippen LogP contribution >= 0.6 is 0 Å². The van der Waals surface area contributed by atoms with Crippen molar-refractivity contribution in [3.05, 3.63) is 71.3 Å². The summed E-state index contributed by atoms with van der Waals surface area (Å²) in [6, 6.07) is 17.3. The van der Waals surface area contributed by atoms with E-state index in [4.69, 9.17) is 5.73 Å². The van der Waals surface area contributed by atoms with Crippen molar-refractivity contribution >= 4 is 11.9 Å². The number of amides is 1. The highest BCUT2D eigenvalue weighted by Crippen LogP contribution is 2.30. The van der Waals surface area contributed by atoms with E-state index in [1.807, 2.05) is 42.5 Å². The van der Waals surface area contributed by atoms with E-state index in [9.17, 15) is 14.7 Å². The Bertz CT molecular complexity index is 825. The lowest BCUT2D eigenvalue weighted by molar-refractivity contribution is -0.138. The van der Waals surface area contributed by atoms with Crippen molar-refractivity contribution in [1.29, 1.82) is 0 Å². The molecule has 6 nitrogen and oxygen atoms in total. The van der Waals surface area contributed by atoms with Gasteiger partial charge >= 0.3 is 5.97 Å². The largest absolute Gasteiger partial charge is 0.481 e. The van der Waals surface area contributed by atoms with Gasteiger partial charge < -0.3 is 21.5 Å². The molecule has 6 heteroatoms. The molecule has 0 spiro atoms. The third-order valence-corrected chi connectivity index (χ3v) is 5.46. The van der Waals surface area contributed by atoms with Gasteiger partial charge in [0, 0.05) is 31.1 Å². The molecule has 0 radical (unpaired) electrons. The third-order valence-electron chi connectivity index (χ3n) is 5.46. The first-order valence-electron chi connectivity index (χ1n) is 9.56. The summed E-state index contributed by atoms with van der Waals surface area (Å²) < 4.78 is 0. The van der Waals surface area contributed by atoms with Gasteiger partial charge in [-0.3, -0.25) is 9.59 Å². The van der Waals surface area contributed by atoms with Crippen molar-refractivity contribution in [3.63, 3.8) is 0 Å². The number of carboxylic acid groups (broad SMARTS) is 1. The zero-order valence-electron chi connectivity index (χ0n) is 16.0. The molecule has 28 heavy (non-hydrogen) atoms. The van der Waals surface area contributed by atoms with Crippen LogP contribution in [0, 0.1) is 6.92 Å². The van der Waals surface area contributed by atoms with Crippen LogP contribution in [0.25, 0.3) is 0 Å². The van der Waals surface area contributed by atoms with Crippen LogP contribution in [0.1, 0.15) is 41.5 Å². The van der Waals surface area contributed by atoms with Crippen LogP contribution in [0.4, 0.5) is 0 Å². The molecule has 148 valence electrons. The molecule has 1 fully saturated rings. The molecule has 0 bridgehead atoms. The fraction of sp³-hybridized carbons (Fsp3) is 0.364. The summed E-state index contributed by atoms with van der Waals surface area (Å²) in [4.78, 5) is 23.3. The highest BCUT2D eigenvalue weighted by atomic mass is 16.4. The number of nitrogens with two attached hydrogens (primary N) is 1. The maximum absolute atomic E-state index is 11.8. The summed E-state index contributed by atoms with van der Waals surface area (Å²) in [6.45, 7) is 2.36. The van der Waals surface area contributed by atoms with E-state index in [0.717, 1.165) is 12.0 Å². The van der Waals surface area contributed by atoms with Crippen molar-refractivity contribution < 1.29 is 14.7 Å². The molecule has 2 aromatic rings. The van der Waals surface area contributed by atoms with E-state index in [2.05, 4.69) is 29.7 Å². The Morgan fingerprint density at radius 3 is 2.50 bits per heavy atom. The van der Waals surface area contributed by atoms with Crippen LogP contribution in [-0.4, -0.2) is 35.6 Å². The molecule has 0 aliphatic carbocycles. The monoisotopic (exact) mass is 381 g/mol. The molecule has 4 atom stereocenters. The Morgan fingerprint density at radius 1 is 1.18 bits per heavy atom. The molecule has 1 aliphatic rings. The number of hydrogen-bond donors (Lipinski definition) is 4. The molecule has 5 N–H and O–H groups in total. The minimum Gasteiger partial charge on any atom is -0.481 e. The second kappa shape index (κ2) is 8.99. The molecule has 1 saturated heterocycles. The van der Waals surface area contributed by atoms with E-state index in [-0.39, 0.29) is 30.5 Å². The fourth-order valence-corrected chi connectivity index (χ4v) is 4.00. The second-order valence-electron chi connectivity index (χ2n) is 7.40. The summed E-state index contributed by atoms with van der Waals surface area (Å²) in [5.74, 6) is -1.88. The number of carbonyl (C=O) groups excluding carboxylic acids is 1. The molecular formula is C22H27N3O3. The van der Waals surface area contributed by atoms with Crippen molar-refractivity contribution in [2.24, 2.45) is 5.73 Å². The van der Waals surface area contributed by atoms with Gasteiger partial charge in [0.05, 0.1) is 5.92 Å². The van der Waals surface area contributed by atoms with E-state index in [0.29, 0.717) is 6.54 Å². The first kappa shape index (κ1) is 20.0. The summed E-state index contributed by atoms with van der Waals surface area (Å²) in [7, 11) is 0. The molecule has 1 amide bonds. The Morgan fingerprint density at radius 2 is 1.86 bits per heavy atom. The number of carbonyl (C=O) groups is 2. The van der Waals surface area contributed by atoms with Gasteiger partial charge in [-0.15, -0.1) is 0 Å². The van der Waals surface area contributed by atoms with Crippen molar-refractivity contribution in [2.45, 2.75) is 43.8 Å². The predicted octanol–water partition coefficient (Wildman–Crippen LogP) is 2.10. The maximum Gasteiger partial charge on any atom is 0.312 e. The van der Waals surface area contributed by atoms with Gasteiger partial charge in [-0.25, -0.2) is 0 Å². The topological polar surface area (TPSA) is 104 Å².